The molecule has 3 aliphatic rings. The molecule has 1 N–H and O–H groups in total. The molecule has 2 aliphatic heterocycles. The maximum absolute atomic E-state index is 11.3. The smallest absolute Gasteiger partial charge is 0.217 e. The number of carbonyl (C=O) groups excluding carboxylic acids is 1. The van der Waals surface area contributed by atoms with E-state index >= 15 is 0 Å². The Balaban J connectivity index is 0.00000225. The number of piperidine rings is 1. The summed E-state index contributed by atoms with van der Waals surface area (Å²) in [6.45, 7) is 14.9. The molecular formula is C19H38N4O. The number of likely N-dealkylation sites (tertiary alicyclic amines) is 1. The average Bonchev–Trinajstić information content (AvgIpc) is 3.14. The van der Waals surface area contributed by atoms with E-state index in [1.807, 2.05) is 0 Å². The van der Waals surface area contributed by atoms with Crippen molar-refractivity contribution < 1.29 is 6.22 Å². The van der Waals surface area contributed by atoms with E-state index in [-0.39, 0.29) is 7.33 Å². The number of amides is 1. The molecular weight excluding hydrogens is 300 g/mol. The van der Waals surface area contributed by atoms with Crippen LogP contribution < -0.4 is 5.32 Å². The van der Waals surface area contributed by atoms with Gasteiger partial charge in [0.25, 0.3) is 0 Å². The molecule has 0 aromatic heterocycles. The molecule has 1 amide bonds. The van der Waals surface area contributed by atoms with Crippen LogP contribution in [0.5, 0.6) is 0 Å². The van der Waals surface area contributed by atoms with E-state index in [9.17, 15) is 4.79 Å². The van der Waals surface area contributed by atoms with Crippen molar-refractivity contribution in [2.75, 3.05) is 45.8 Å². The normalized spacial score (nSPS) is 33.0. The van der Waals surface area contributed by atoms with Crippen LogP contribution in [0.3, 0.4) is 0 Å². The fraction of sp³-hybridized carbons (Fsp3) is 0.947. The third kappa shape index (κ3) is 4.30. The van der Waals surface area contributed by atoms with Gasteiger partial charge in [0.05, 0.1) is 0 Å². The van der Waals surface area contributed by atoms with E-state index in [4.69, 9.17) is 0 Å². The van der Waals surface area contributed by atoms with Crippen molar-refractivity contribution in [3.05, 3.63) is 0 Å². The van der Waals surface area contributed by atoms with Gasteiger partial charge in [0.1, 0.15) is 0 Å². The average molecular weight is 339 g/mol. The summed E-state index contributed by atoms with van der Waals surface area (Å²) in [6.07, 6.45) is 5.00. The number of carbonyl (C=O) groups is 1. The van der Waals surface area contributed by atoms with Gasteiger partial charge in [0, 0.05) is 59.2 Å². The van der Waals surface area contributed by atoms with E-state index in [1.165, 1.54) is 65.1 Å². The van der Waals surface area contributed by atoms with Crippen molar-refractivity contribution in [1.82, 2.24) is 20.0 Å². The molecule has 24 heavy (non-hydrogen) atoms. The lowest BCUT2D eigenvalue weighted by Crippen LogP contribution is -2.50. The molecule has 0 radical (unpaired) electrons. The van der Waals surface area contributed by atoms with E-state index in [2.05, 4.69) is 33.9 Å². The Morgan fingerprint density at radius 2 is 1.96 bits per heavy atom. The first-order chi connectivity index (χ1) is 11.6. The summed E-state index contributed by atoms with van der Waals surface area (Å²) in [5.74, 6) is 0.827. The van der Waals surface area contributed by atoms with Crippen LogP contribution in [0.25, 0.3) is 0 Å². The molecule has 2 saturated heterocycles. The SMILES string of the molecule is CCC(C)N1CCN(CCCN2CC3CC2CC3NC(C)=O)CC1.[HH]. The van der Waals surface area contributed by atoms with Crippen LogP contribution in [-0.2, 0) is 4.79 Å². The lowest BCUT2D eigenvalue weighted by atomic mass is 10.0. The van der Waals surface area contributed by atoms with Crippen LogP contribution in [0, 0.1) is 5.92 Å². The molecule has 5 nitrogen and oxygen atoms in total. The maximum Gasteiger partial charge on any atom is 0.217 e. The topological polar surface area (TPSA) is 38.8 Å². The second-order valence-electron chi connectivity index (χ2n) is 8.18. The van der Waals surface area contributed by atoms with Crippen molar-refractivity contribution in [1.29, 1.82) is 0 Å². The summed E-state index contributed by atoms with van der Waals surface area (Å²) in [6, 6.07) is 1.90. The molecule has 0 aromatic rings. The van der Waals surface area contributed by atoms with Gasteiger partial charge in [0.15, 0.2) is 0 Å². The molecule has 3 rings (SSSR count). The molecule has 0 spiro atoms. The Hall–Kier alpha value is -0.650. The summed E-state index contributed by atoms with van der Waals surface area (Å²) in [4.78, 5) is 19.2. The van der Waals surface area contributed by atoms with Gasteiger partial charge in [-0.15, -0.1) is 0 Å². The number of nitrogens with one attached hydrogen (secondary N) is 1. The first kappa shape index (κ1) is 18.2. The Morgan fingerprint density at radius 1 is 1.21 bits per heavy atom. The van der Waals surface area contributed by atoms with Crippen molar-refractivity contribution >= 4 is 5.91 Å². The van der Waals surface area contributed by atoms with Crippen LogP contribution in [0.1, 0.15) is 47.9 Å². The number of piperazine rings is 1. The number of nitrogens with zero attached hydrogens (tertiary/aromatic N) is 3. The maximum atomic E-state index is 11.3. The Bertz CT molecular complexity index is 428. The van der Waals surface area contributed by atoms with E-state index in [0.29, 0.717) is 18.0 Å². The van der Waals surface area contributed by atoms with Crippen LogP contribution in [0.15, 0.2) is 0 Å². The zero-order chi connectivity index (χ0) is 17.1. The van der Waals surface area contributed by atoms with E-state index in [0.717, 1.165) is 12.5 Å². The Morgan fingerprint density at radius 3 is 2.54 bits per heavy atom. The molecule has 0 aromatic carbocycles. The monoisotopic (exact) mass is 338 g/mol. The minimum absolute atomic E-state index is 0. The Labute approximate surface area is 149 Å². The summed E-state index contributed by atoms with van der Waals surface area (Å²) in [7, 11) is 0. The minimum Gasteiger partial charge on any atom is -0.353 e. The molecule has 140 valence electrons. The minimum atomic E-state index is 0. The van der Waals surface area contributed by atoms with Gasteiger partial charge in [-0.1, -0.05) is 6.92 Å². The van der Waals surface area contributed by atoms with E-state index < -0.39 is 0 Å². The number of hydrogen-bond donors (Lipinski definition) is 1. The second-order valence-corrected chi connectivity index (χ2v) is 8.18. The van der Waals surface area contributed by atoms with Crippen LogP contribution >= 0.6 is 0 Å². The lowest BCUT2D eigenvalue weighted by molar-refractivity contribution is -0.120. The highest BCUT2D eigenvalue weighted by Gasteiger charge is 2.44. The zero-order valence-corrected chi connectivity index (χ0v) is 15.8. The molecule has 5 heteroatoms. The number of rotatable bonds is 7. The largest absolute Gasteiger partial charge is 0.353 e. The molecule has 1 saturated carbocycles. The highest BCUT2D eigenvalue weighted by molar-refractivity contribution is 5.73. The molecule has 1 aliphatic carbocycles. The van der Waals surface area contributed by atoms with Crippen molar-refractivity contribution in [3.8, 4) is 0 Å². The fourth-order valence-corrected chi connectivity index (χ4v) is 4.94. The third-order valence-corrected chi connectivity index (χ3v) is 6.58. The van der Waals surface area contributed by atoms with Crippen LogP contribution in [0.2, 0.25) is 0 Å². The zero-order valence-electron chi connectivity index (χ0n) is 15.8. The molecule has 4 unspecified atom stereocenters. The number of fused-ring (bicyclic) bond motifs is 2. The first-order valence-electron chi connectivity index (χ1n) is 10.0. The summed E-state index contributed by atoms with van der Waals surface area (Å²) >= 11 is 0. The predicted octanol–water partition coefficient (Wildman–Crippen LogP) is 1.64. The Kier molecular flexibility index (Phi) is 6.17. The van der Waals surface area contributed by atoms with Crippen molar-refractivity contribution in [2.45, 2.75) is 64.6 Å². The lowest BCUT2D eigenvalue weighted by Gasteiger charge is -2.38. The molecule has 2 heterocycles. The van der Waals surface area contributed by atoms with Gasteiger partial charge in [-0.3, -0.25) is 14.6 Å². The first-order valence-corrected chi connectivity index (χ1v) is 10.0. The van der Waals surface area contributed by atoms with E-state index in [1.54, 1.807) is 6.92 Å². The van der Waals surface area contributed by atoms with Crippen molar-refractivity contribution in [3.63, 3.8) is 0 Å². The summed E-state index contributed by atoms with van der Waals surface area (Å²) < 4.78 is 0. The third-order valence-electron chi connectivity index (χ3n) is 6.58. The van der Waals surface area contributed by atoms with Gasteiger partial charge in [-0.2, -0.15) is 0 Å². The standard InChI is InChI=1S/C19H36N4O.H2/c1-4-15(2)22-10-8-21(9-11-22)6-5-7-23-14-17-12-18(23)13-19(17)20-16(3)24;/h15,17-19H,4-14H2,1-3H3,(H,20,24);1H. The van der Waals surface area contributed by atoms with Gasteiger partial charge < -0.3 is 10.2 Å². The molecule has 4 atom stereocenters. The van der Waals surface area contributed by atoms with Gasteiger partial charge in [0.2, 0.25) is 5.91 Å². The van der Waals surface area contributed by atoms with Gasteiger partial charge >= 0.3 is 0 Å². The molecule has 2 bridgehead atoms. The summed E-state index contributed by atoms with van der Waals surface area (Å²) in [5, 5.41) is 3.14. The fourth-order valence-electron chi connectivity index (χ4n) is 4.94. The van der Waals surface area contributed by atoms with Crippen LogP contribution in [0.4, 0.5) is 0 Å². The predicted molar refractivity (Wildman–Crippen MR) is 100 cm³/mol. The quantitative estimate of drug-likeness (QED) is 0.766. The highest BCUT2D eigenvalue weighted by Crippen LogP contribution is 2.37. The van der Waals surface area contributed by atoms with Gasteiger partial charge in [-0.25, -0.2) is 0 Å². The van der Waals surface area contributed by atoms with Gasteiger partial charge in [-0.05, 0) is 51.6 Å². The van der Waals surface area contributed by atoms with Crippen molar-refractivity contribution in [2.24, 2.45) is 5.92 Å². The highest BCUT2D eigenvalue weighted by atomic mass is 16.1. The molecule has 3 fully saturated rings. The van der Waals surface area contributed by atoms with Crippen LogP contribution in [-0.4, -0.2) is 84.5 Å². The second kappa shape index (κ2) is 8.15. The summed E-state index contributed by atoms with van der Waals surface area (Å²) in [5.41, 5.74) is 0. The number of hydrogen-bond acceptors (Lipinski definition) is 4.